The van der Waals surface area contributed by atoms with Gasteiger partial charge in [-0.25, -0.2) is 4.99 Å². The van der Waals surface area contributed by atoms with Crippen LogP contribution in [0.4, 0.5) is 0 Å². The summed E-state index contributed by atoms with van der Waals surface area (Å²) < 4.78 is 11.5. The number of rotatable bonds is 6. The van der Waals surface area contributed by atoms with Crippen LogP contribution in [0.3, 0.4) is 0 Å². The molecular weight excluding hydrogens is 495 g/mol. The summed E-state index contributed by atoms with van der Waals surface area (Å²) in [4.78, 5) is 18.8. The topological polar surface area (TPSA) is 75.2 Å². The Morgan fingerprint density at radius 3 is 2.70 bits per heavy atom. The highest BCUT2D eigenvalue weighted by molar-refractivity contribution is 14.0. The van der Waals surface area contributed by atoms with Gasteiger partial charge in [0.15, 0.2) is 5.96 Å². The number of methoxy groups -OCH3 is 1. The number of guanidine groups is 1. The Hall–Kier alpha value is -1.71. The van der Waals surface area contributed by atoms with E-state index < -0.39 is 0 Å². The highest BCUT2D eigenvalue weighted by atomic mass is 127. The van der Waals surface area contributed by atoms with E-state index >= 15 is 0 Å². The number of piperidine rings is 1. The molecule has 1 atom stereocenters. The van der Waals surface area contributed by atoms with Gasteiger partial charge < -0.3 is 25.0 Å². The lowest BCUT2D eigenvalue weighted by atomic mass is 9.93. The Balaban J connectivity index is 0.00000320. The minimum Gasteiger partial charge on any atom is -0.496 e. The zero-order chi connectivity index (χ0) is 20.8. The predicted octanol–water partition coefficient (Wildman–Crippen LogP) is 2.95. The number of aliphatic imine (C=N–C) groups is 1. The average molecular weight is 530 g/mol. The largest absolute Gasteiger partial charge is 0.496 e. The SMILES string of the molecule is CCNC(=NCc1cc2c(cc1OC)CC(C)O2)N1CCC(CC(=O)NC)CC1.I. The first-order valence-electron chi connectivity index (χ1n) is 10.6. The predicted molar refractivity (Wildman–Crippen MR) is 130 cm³/mol. The number of nitrogens with one attached hydrogen (secondary N) is 2. The maximum atomic E-state index is 11.6. The molecule has 2 aliphatic rings. The fourth-order valence-electron chi connectivity index (χ4n) is 4.09. The number of carbonyl (C=O) groups excluding carboxylic acids is 1. The molecule has 1 fully saturated rings. The quantitative estimate of drug-likeness (QED) is 0.336. The minimum atomic E-state index is 0. The first-order chi connectivity index (χ1) is 14.0. The molecule has 1 aromatic carbocycles. The normalized spacial score (nSPS) is 18.9. The molecule has 1 amide bonds. The average Bonchev–Trinajstić information content (AvgIpc) is 3.09. The van der Waals surface area contributed by atoms with Gasteiger partial charge in [-0.15, -0.1) is 24.0 Å². The van der Waals surface area contributed by atoms with Crippen LogP contribution < -0.4 is 20.1 Å². The maximum absolute atomic E-state index is 11.6. The van der Waals surface area contributed by atoms with Crippen molar-refractivity contribution in [1.29, 1.82) is 0 Å². The van der Waals surface area contributed by atoms with E-state index in [1.165, 1.54) is 5.56 Å². The Kier molecular flexibility index (Phi) is 9.51. The van der Waals surface area contributed by atoms with Crippen molar-refractivity contribution >= 4 is 35.8 Å². The molecule has 1 saturated heterocycles. The Morgan fingerprint density at radius 2 is 2.07 bits per heavy atom. The van der Waals surface area contributed by atoms with E-state index in [2.05, 4.69) is 41.5 Å². The van der Waals surface area contributed by atoms with E-state index in [0.29, 0.717) is 18.9 Å². The van der Waals surface area contributed by atoms with Gasteiger partial charge in [-0.1, -0.05) is 0 Å². The van der Waals surface area contributed by atoms with E-state index in [9.17, 15) is 4.79 Å². The van der Waals surface area contributed by atoms with Crippen LogP contribution in [-0.4, -0.2) is 56.7 Å². The molecule has 3 rings (SSSR count). The second-order valence-electron chi connectivity index (χ2n) is 7.88. The monoisotopic (exact) mass is 530 g/mol. The van der Waals surface area contributed by atoms with Crippen LogP contribution in [0, 0.1) is 5.92 Å². The molecule has 1 unspecified atom stereocenters. The van der Waals surface area contributed by atoms with Crippen molar-refractivity contribution < 1.29 is 14.3 Å². The van der Waals surface area contributed by atoms with Gasteiger partial charge in [-0.3, -0.25) is 4.79 Å². The fraction of sp³-hybridized carbons (Fsp3) is 0.636. The first-order valence-corrected chi connectivity index (χ1v) is 10.6. The van der Waals surface area contributed by atoms with Crippen LogP contribution in [0.1, 0.15) is 44.2 Å². The van der Waals surface area contributed by atoms with Crippen LogP contribution in [0.15, 0.2) is 17.1 Å². The number of hydrogen-bond donors (Lipinski definition) is 2. The number of likely N-dealkylation sites (tertiary alicyclic amines) is 1. The summed E-state index contributed by atoms with van der Waals surface area (Å²) in [6.45, 7) is 7.35. The van der Waals surface area contributed by atoms with Crippen molar-refractivity contribution in [1.82, 2.24) is 15.5 Å². The summed E-state index contributed by atoms with van der Waals surface area (Å²) in [6, 6.07) is 4.15. The molecule has 8 heteroatoms. The molecule has 0 aromatic heterocycles. The number of ether oxygens (including phenoxy) is 2. The Labute approximate surface area is 197 Å². The van der Waals surface area contributed by atoms with Gasteiger partial charge in [0, 0.05) is 50.7 Å². The van der Waals surface area contributed by atoms with Crippen molar-refractivity contribution in [3.8, 4) is 11.5 Å². The summed E-state index contributed by atoms with van der Waals surface area (Å²) in [5, 5.41) is 6.14. The van der Waals surface area contributed by atoms with Crippen molar-refractivity contribution in [2.75, 3.05) is 33.8 Å². The van der Waals surface area contributed by atoms with Crippen LogP contribution in [-0.2, 0) is 17.8 Å². The summed E-state index contributed by atoms with van der Waals surface area (Å²) in [7, 11) is 3.41. The number of amides is 1. The molecule has 2 N–H and O–H groups in total. The van der Waals surface area contributed by atoms with Gasteiger partial charge >= 0.3 is 0 Å². The van der Waals surface area contributed by atoms with Gasteiger partial charge in [0.25, 0.3) is 0 Å². The maximum Gasteiger partial charge on any atom is 0.220 e. The number of fused-ring (bicyclic) bond motifs is 1. The van der Waals surface area contributed by atoms with Crippen molar-refractivity contribution in [2.24, 2.45) is 10.9 Å². The Morgan fingerprint density at radius 1 is 1.33 bits per heavy atom. The molecule has 0 radical (unpaired) electrons. The summed E-state index contributed by atoms with van der Waals surface area (Å²) in [6.07, 6.45) is 3.75. The molecule has 0 aliphatic carbocycles. The standard InChI is InChI=1S/C22H34N4O3.HI/c1-5-24-22(26-8-6-16(7-9-26)11-21(27)23-3)25-14-18-13-20-17(10-15(2)29-20)12-19(18)28-4;/h12-13,15-16H,5-11,14H2,1-4H3,(H,23,27)(H,24,25);1H. The zero-order valence-electron chi connectivity index (χ0n) is 18.5. The third-order valence-corrected chi connectivity index (χ3v) is 5.70. The summed E-state index contributed by atoms with van der Waals surface area (Å²) in [5.41, 5.74) is 2.23. The van der Waals surface area contributed by atoms with Crippen molar-refractivity contribution in [3.05, 3.63) is 23.3 Å². The van der Waals surface area contributed by atoms with Gasteiger partial charge in [0.05, 0.1) is 13.7 Å². The van der Waals surface area contributed by atoms with E-state index in [0.717, 1.165) is 61.9 Å². The lowest BCUT2D eigenvalue weighted by molar-refractivity contribution is -0.121. The Bertz CT molecular complexity index is 748. The second-order valence-corrected chi connectivity index (χ2v) is 7.88. The third kappa shape index (κ3) is 6.15. The van der Waals surface area contributed by atoms with Crippen LogP contribution in [0.5, 0.6) is 11.5 Å². The molecule has 2 aliphatic heterocycles. The molecule has 0 bridgehead atoms. The molecule has 1 aromatic rings. The van der Waals surface area contributed by atoms with Crippen LogP contribution >= 0.6 is 24.0 Å². The van der Waals surface area contributed by atoms with E-state index in [4.69, 9.17) is 14.5 Å². The smallest absolute Gasteiger partial charge is 0.220 e. The highest BCUT2D eigenvalue weighted by Crippen LogP contribution is 2.35. The molecule has 168 valence electrons. The number of benzene rings is 1. The molecule has 0 saturated carbocycles. The van der Waals surface area contributed by atoms with Crippen LogP contribution in [0.2, 0.25) is 0 Å². The van der Waals surface area contributed by atoms with Gasteiger partial charge in [-0.2, -0.15) is 0 Å². The van der Waals surface area contributed by atoms with Crippen molar-refractivity contribution in [3.63, 3.8) is 0 Å². The molecule has 7 nitrogen and oxygen atoms in total. The number of hydrogen-bond acceptors (Lipinski definition) is 4. The number of halogens is 1. The van der Waals surface area contributed by atoms with E-state index in [1.807, 2.05) is 0 Å². The lowest BCUT2D eigenvalue weighted by Gasteiger charge is -2.34. The number of nitrogens with zero attached hydrogens (tertiary/aromatic N) is 2. The summed E-state index contributed by atoms with van der Waals surface area (Å²) in [5.74, 6) is 3.31. The zero-order valence-corrected chi connectivity index (χ0v) is 20.8. The van der Waals surface area contributed by atoms with E-state index in [1.54, 1.807) is 14.2 Å². The molecule has 2 heterocycles. The van der Waals surface area contributed by atoms with Gasteiger partial charge in [0.2, 0.25) is 5.91 Å². The van der Waals surface area contributed by atoms with E-state index in [-0.39, 0.29) is 36.0 Å². The molecular formula is C22H35IN4O3. The molecule has 30 heavy (non-hydrogen) atoms. The van der Waals surface area contributed by atoms with Gasteiger partial charge in [0.1, 0.15) is 17.6 Å². The van der Waals surface area contributed by atoms with Crippen molar-refractivity contribution in [2.45, 2.75) is 52.2 Å². The van der Waals surface area contributed by atoms with Gasteiger partial charge in [-0.05, 0) is 44.7 Å². The minimum absolute atomic E-state index is 0. The fourth-order valence-corrected chi connectivity index (χ4v) is 4.09. The highest BCUT2D eigenvalue weighted by Gasteiger charge is 2.24. The number of carbonyl (C=O) groups is 1. The summed E-state index contributed by atoms with van der Waals surface area (Å²) >= 11 is 0. The first kappa shape index (κ1) is 24.6. The molecule has 0 spiro atoms. The third-order valence-electron chi connectivity index (χ3n) is 5.70. The second kappa shape index (κ2) is 11.6. The van der Waals surface area contributed by atoms with Crippen LogP contribution in [0.25, 0.3) is 0 Å². The lowest BCUT2D eigenvalue weighted by Crippen LogP contribution is -2.46.